The molecule has 0 aromatic rings. The van der Waals surface area contributed by atoms with Gasteiger partial charge in [0.25, 0.3) is 5.97 Å². The van der Waals surface area contributed by atoms with Crippen molar-refractivity contribution in [3.05, 3.63) is 12.2 Å². The fourth-order valence-electron chi connectivity index (χ4n) is 0.206. The molecule has 0 heterocycles. The van der Waals surface area contributed by atoms with E-state index in [1.807, 2.05) is 0 Å². The van der Waals surface area contributed by atoms with Crippen LogP contribution in [0.1, 0.15) is 0 Å². The summed E-state index contributed by atoms with van der Waals surface area (Å²) in [4.78, 5) is 0. The van der Waals surface area contributed by atoms with Crippen LogP contribution in [0.5, 0.6) is 0 Å². The van der Waals surface area contributed by atoms with E-state index in [-0.39, 0.29) is 0 Å². The number of alkyl halides is 3. The van der Waals surface area contributed by atoms with E-state index >= 15 is 0 Å². The van der Waals surface area contributed by atoms with Gasteiger partial charge in [-0.1, -0.05) is 34.8 Å². The van der Waals surface area contributed by atoms with Crippen molar-refractivity contribution in [2.24, 2.45) is 0 Å². The molecule has 0 spiro atoms. The molecule has 0 bridgehead atoms. The van der Waals surface area contributed by atoms with Crippen molar-refractivity contribution < 1.29 is 15.3 Å². The van der Waals surface area contributed by atoms with Gasteiger partial charge in [-0.15, -0.1) is 0 Å². The monoisotopic (exact) mass is 206 g/mol. The standard InChI is InChI=1S/C4H5Cl3O3/c5-3(6,7)1-2-4(8,9)10/h1-2,8-10H. The van der Waals surface area contributed by atoms with Crippen LogP contribution >= 0.6 is 34.8 Å². The third kappa shape index (κ3) is 8.49. The second-order valence-electron chi connectivity index (χ2n) is 1.56. The molecular weight excluding hydrogens is 202 g/mol. The largest absolute Gasteiger partial charge is 0.340 e. The lowest BCUT2D eigenvalue weighted by Crippen LogP contribution is -2.24. The van der Waals surface area contributed by atoms with Crippen molar-refractivity contribution in [2.75, 3.05) is 0 Å². The zero-order chi connectivity index (χ0) is 8.41. The van der Waals surface area contributed by atoms with Gasteiger partial charge in [0.1, 0.15) is 0 Å². The van der Waals surface area contributed by atoms with Gasteiger partial charge in [0.05, 0.1) is 0 Å². The number of rotatable bonds is 1. The van der Waals surface area contributed by atoms with E-state index in [9.17, 15) is 0 Å². The van der Waals surface area contributed by atoms with Gasteiger partial charge in [-0.3, -0.25) is 0 Å². The molecule has 0 saturated carbocycles. The molecule has 0 aliphatic carbocycles. The Hall–Kier alpha value is 0.490. The Bertz CT molecular complexity index is 116. The Morgan fingerprint density at radius 3 is 1.40 bits per heavy atom. The fourth-order valence-corrected chi connectivity index (χ4v) is 0.395. The van der Waals surface area contributed by atoms with Crippen LogP contribution in [0.25, 0.3) is 0 Å². The first-order valence-corrected chi connectivity index (χ1v) is 3.28. The second kappa shape index (κ2) is 3.26. The van der Waals surface area contributed by atoms with Crippen LogP contribution in [0.4, 0.5) is 0 Å². The average molecular weight is 207 g/mol. The molecule has 0 atom stereocenters. The Kier molecular flexibility index (Phi) is 3.42. The first kappa shape index (κ1) is 10.5. The lowest BCUT2D eigenvalue weighted by molar-refractivity contribution is -0.273. The van der Waals surface area contributed by atoms with Crippen LogP contribution in [0.2, 0.25) is 0 Å². The first-order chi connectivity index (χ1) is 4.21. The van der Waals surface area contributed by atoms with E-state index in [0.29, 0.717) is 6.08 Å². The summed E-state index contributed by atoms with van der Waals surface area (Å²) in [7, 11) is 0. The van der Waals surface area contributed by atoms with Gasteiger partial charge in [-0.2, -0.15) is 0 Å². The highest BCUT2D eigenvalue weighted by Crippen LogP contribution is 2.27. The molecule has 0 aliphatic rings. The maximum atomic E-state index is 8.23. The topological polar surface area (TPSA) is 60.7 Å². The van der Waals surface area contributed by atoms with Crippen LogP contribution in [0, 0.1) is 0 Å². The van der Waals surface area contributed by atoms with Crippen LogP contribution in [-0.2, 0) is 0 Å². The van der Waals surface area contributed by atoms with Gasteiger partial charge in [-0.05, 0) is 6.08 Å². The van der Waals surface area contributed by atoms with E-state index < -0.39 is 9.77 Å². The normalized spacial score (nSPS) is 14.6. The SMILES string of the molecule is OC(O)(O)C=CC(Cl)(Cl)Cl. The summed E-state index contributed by atoms with van der Waals surface area (Å²) in [6.45, 7) is 0. The third-order valence-electron chi connectivity index (χ3n) is 0.496. The van der Waals surface area contributed by atoms with Crippen molar-refractivity contribution in [2.45, 2.75) is 9.77 Å². The number of hydrogen-bond acceptors (Lipinski definition) is 3. The van der Waals surface area contributed by atoms with Crippen LogP contribution in [0.3, 0.4) is 0 Å². The zero-order valence-corrected chi connectivity index (χ0v) is 6.90. The number of aliphatic hydroxyl groups is 3. The minimum absolute atomic E-state index is 0.542. The molecular formula is C4H5Cl3O3. The molecule has 6 heteroatoms. The van der Waals surface area contributed by atoms with E-state index in [1.165, 1.54) is 0 Å². The average Bonchev–Trinajstić information content (AvgIpc) is 1.57. The molecule has 0 aromatic heterocycles. The Morgan fingerprint density at radius 1 is 0.900 bits per heavy atom. The molecule has 0 unspecified atom stereocenters. The van der Waals surface area contributed by atoms with E-state index in [0.717, 1.165) is 6.08 Å². The smallest absolute Gasteiger partial charge is 0.297 e. The highest BCUT2D eigenvalue weighted by Gasteiger charge is 2.19. The van der Waals surface area contributed by atoms with Crippen LogP contribution in [0.15, 0.2) is 12.2 Å². The Labute approximate surface area is 72.4 Å². The molecule has 3 N–H and O–H groups in total. The molecule has 0 amide bonds. The van der Waals surface area contributed by atoms with Crippen LogP contribution < -0.4 is 0 Å². The van der Waals surface area contributed by atoms with Crippen LogP contribution in [-0.4, -0.2) is 25.1 Å². The van der Waals surface area contributed by atoms with Crippen molar-refractivity contribution in [3.8, 4) is 0 Å². The molecule has 0 rings (SSSR count). The Morgan fingerprint density at radius 2 is 1.30 bits per heavy atom. The minimum atomic E-state index is -2.93. The van der Waals surface area contributed by atoms with Gasteiger partial charge in [-0.25, -0.2) is 0 Å². The summed E-state index contributed by atoms with van der Waals surface area (Å²) in [5.41, 5.74) is 0. The van der Waals surface area contributed by atoms with Crippen molar-refractivity contribution in [1.82, 2.24) is 0 Å². The van der Waals surface area contributed by atoms with Gasteiger partial charge < -0.3 is 15.3 Å². The van der Waals surface area contributed by atoms with E-state index in [1.54, 1.807) is 0 Å². The quantitative estimate of drug-likeness (QED) is 0.334. The summed E-state index contributed by atoms with van der Waals surface area (Å²) in [6.07, 6.45) is 1.36. The predicted molar refractivity (Wildman–Crippen MR) is 38.8 cm³/mol. The molecule has 0 saturated heterocycles. The zero-order valence-electron chi connectivity index (χ0n) is 4.63. The molecule has 0 fully saturated rings. The van der Waals surface area contributed by atoms with Crippen molar-refractivity contribution >= 4 is 34.8 Å². The Balaban J connectivity index is 4.01. The van der Waals surface area contributed by atoms with Gasteiger partial charge >= 0.3 is 0 Å². The predicted octanol–water partition coefficient (Wildman–Crippen LogP) is 0.543. The number of hydrogen-bond donors (Lipinski definition) is 3. The molecule has 60 valence electrons. The van der Waals surface area contributed by atoms with Gasteiger partial charge in [0, 0.05) is 6.08 Å². The minimum Gasteiger partial charge on any atom is -0.340 e. The summed E-state index contributed by atoms with van der Waals surface area (Å²) >= 11 is 15.4. The second-order valence-corrected chi connectivity index (χ2v) is 3.93. The third-order valence-corrected chi connectivity index (χ3v) is 0.874. The van der Waals surface area contributed by atoms with E-state index in [4.69, 9.17) is 50.1 Å². The number of allylic oxidation sites excluding steroid dienone is 1. The lowest BCUT2D eigenvalue weighted by atomic mass is 10.5. The summed E-state index contributed by atoms with van der Waals surface area (Å²) in [5, 5.41) is 24.7. The van der Waals surface area contributed by atoms with E-state index in [2.05, 4.69) is 0 Å². The van der Waals surface area contributed by atoms with Crippen molar-refractivity contribution in [1.29, 1.82) is 0 Å². The highest BCUT2D eigenvalue weighted by atomic mass is 35.6. The molecule has 3 nitrogen and oxygen atoms in total. The molecule has 0 radical (unpaired) electrons. The maximum Gasteiger partial charge on any atom is 0.297 e. The highest BCUT2D eigenvalue weighted by molar-refractivity contribution is 6.68. The van der Waals surface area contributed by atoms with Gasteiger partial charge in [0.15, 0.2) is 0 Å². The first-order valence-electron chi connectivity index (χ1n) is 2.15. The molecule has 0 aromatic carbocycles. The lowest BCUT2D eigenvalue weighted by Gasteiger charge is -2.09. The summed E-state index contributed by atoms with van der Waals surface area (Å²) in [5.74, 6) is -2.93. The maximum absolute atomic E-state index is 8.23. The number of halogens is 3. The molecule has 10 heavy (non-hydrogen) atoms. The molecule has 0 aliphatic heterocycles. The van der Waals surface area contributed by atoms with Gasteiger partial charge in [0.2, 0.25) is 3.79 Å². The van der Waals surface area contributed by atoms with Crippen molar-refractivity contribution in [3.63, 3.8) is 0 Å². The summed E-state index contributed by atoms with van der Waals surface area (Å²) in [6, 6.07) is 0. The fraction of sp³-hybridized carbons (Fsp3) is 0.500. The summed E-state index contributed by atoms with van der Waals surface area (Å²) < 4.78 is -1.74.